The fraction of sp³-hybridized carbons (Fsp3) is 0.385. The van der Waals surface area contributed by atoms with Crippen molar-refractivity contribution in [3.63, 3.8) is 0 Å². The van der Waals surface area contributed by atoms with E-state index in [0.29, 0.717) is 28.5 Å². The Morgan fingerprint density at radius 3 is 2.42 bits per heavy atom. The zero-order valence-electron chi connectivity index (χ0n) is 10.1. The standard InChI is InChI=1S/C13H13Cl2NO3/c14-9-3-2-8(6-10(9)15)7-11(17)16-13(12(18)19)4-1-5-13/h2-3,6H,1,4-5,7H2,(H,16,17)(H,18,19). The molecule has 2 N–H and O–H groups in total. The Labute approximate surface area is 120 Å². The van der Waals surface area contributed by atoms with E-state index in [1.54, 1.807) is 18.2 Å². The molecule has 0 aromatic heterocycles. The first-order valence-corrected chi connectivity index (χ1v) is 6.67. The number of hydrogen-bond acceptors (Lipinski definition) is 2. The highest BCUT2D eigenvalue weighted by Crippen LogP contribution is 2.32. The van der Waals surface area contributed by atoms with Crippen LogP contribution in [0.2, 0.25) is 10.0 Å². The first-order chi connectivity index (χ1) is 8.93. The molecular weight excluding hydrogens is 289 g/mol. The molecule has 102 valence electrons. The van der Waals surface area contributed by atoms with Gasteiger partial charge in [-0.2, -0.15) is 0 Å². The van der Waals surface area contributed by atoms with E-state index >= 15 is 0 Å². The molecule has 1 aliphatic rings. The number of rotatable bonds is 4. The van der Waals surface area contributed by atoms with Crippen LogP contribution >= 0.6 is 23.2 Å². The summed E-state index contributed by atoms with van der Waals surface area (Å²) in [6.45, 7) is 0. The van der Waals surface area contributed by atoms with Gasteiger partial charge in [0.05, 0.1) is 16.5 Å². The summed E-state index contributed by atoms with van der Waals surface area (Å²) < 4.78 is 0. The Balaban J connectivity index is 2.01. The van der Waals surface area contributed by atoms with Crippen LogP contribution < -0.4 is 5.32 Å². The number of amides is 1. The molecular formula is C13H13Cl2NO3. The molecule has 1 fully saturated rings. The second kappa shape index (κ2) is 5.39. The maximum absolute atomic E-state index is 11.9. The topological polar surface area (TPSA) is 66.4 Å². The van der Waals surface area contributed by atoms with Crippen LogP contribution in [0.3, 0.4) is 0 Å². The molecule has 1 amide bonds. The quantitative estimate of drug-likeness (QED) is 0.898. The minimum absolute atomic E-state index is 0.0892. The molecule has 1 saturated carbocycles. The second-order valence-electron chi connectivity index (χ2n) is 4.71. The molecule has 2 rings (SSSR count). The van der Waals surface area contributed by atoms with E-state index in [-0.39, 0.29) is 12.3 Å². The number of carboxylic acids is 1. The third-order valence-corrected chi connectivity index (χ3v) is 4.08. The number of nitrogens with one attached hydrogen (secondary N) is 1. The van der Waals surface area contributed by atoms with E-state index in [1.807, 2.05) is 0 Å². The number of hydrogen-bond donors (Lipinski definition) is 2. The maximum atomic E-state index is 11.9. The molecule has 19 heavy (non-hydrogen) atoms. The molecule has 1 aromatic rings. The molecule has 0 bridgehead atoms. The summed E-state index contributed by atoms with van der Waals surface area (Å²) in [5.41, 5.74) is -0.375. The lowest BCUT2D eigenvalue weighted by atomic mass is 9.76. The lowest BCUT2D eigenvalue weighted by molar-refractivity contribution is -0.151. The molecule has 0 radical (unpaired) electrons. The molecule has 1 aliphatic carbocycles. The Morgan fingerprint density at radius 2 is 1.95 bits per heavy atom. The minimum Gasteiger partial charge on any atom is -0.480 e. The van der Waals surface area contributed by atoms with Crippen molar-refractivity contribution in [3.8, 4) is 0 Å². The van der Waals surface area contributed by atoms with Gasteiger partial charge in [-0.15, -0.1) is 0 Å². The smallest absolute Gasteiger partial charge is 0.329 e. The Bertz CT molecular complexity index is 527. The number of carboxylic acid groups (broad SMARTS) is 1. The predicted molar refractivity (Wildman–Crippen MR) is 72.5 cm³/mol. The van der Waals surface area contributed by atoms with Gasteiger partial charge in [0.1, 0.15) is 5.54 Å². The summed E-state index contributed by atoms with van der Waals surface area (Å²) >= 11 is 11.6. The van der Waals surface area contributed by atoms with Crippen molar-refractivity contribution in [1.82, 2.24) is 5.32 Å². The molecule has 0 saturated heterocycles. The summed E-state index contributed by atoms with van der Waals surface area (Å²) in [6, 6.07) is 4.92. The first-order valence-electron chi connectivity index (χ1n) is 5.91. The normalized spacial score (nSPS) is 16.5. The Hall–Kier alpha value is -1.26. The highest BCUT2D eigenvalue weighted by Gasteiger charge is 2.45. The third-order valence-electron chi connectivity index (χ3n) is 3.34. The maximum Gasteiger partial charge on any atom is 0.329 e. The van der Waals surface area contributed by atoms with Crippen molar-refractivity contribution >= 4 is 35.1 Å². The molecule has 0 spiro atoms. The molecule has 4 nitrogen and oxygen atoms in total. The largest absolute Gasteiger partial charge is 0.480 e. The lowest BCUT2D eigenvalue weighted by Gasteiger charge is -2.38. The molecule has 0 heterocycles. The molecule has 0 unspecified atom stereocenters. The second-order valence-corrected chi connectivity index (χ2v) is 5.53. The number of aliphatic carboxylic acids is 1. The van der Waals surface area contributed by atoms with Gasteiger partial charge in [0, 0.05) is 0 Å². The zero-order valence-corrected chi connectivity index (χ0v) is 11.6. The van der Waals surface area contributed by atoms with Crippen LogP contribution in [-0.2, 0) is 16.0 Å². The Morgan fingerprint density at radius 1 is 1.26 bits per heavy atom. The average Bonchev–Trinajstić information content (AvgIpc) is 2.28. The van der Waals surface area contributed by atoms with Crippen molar-refractivity contribution in [2.45, 2.75) is 31.2 Å². The molecule has 0 aliphatic heterocycles. The number of benzene rings is 1. The predicted octanol–water partition coefficient (Wildman–Crippen LogP) is 2.66. The summed E-state index contributed by atoms with van der Waals surface area (Å²) in [5.74, 6) is -1.29. The lowest BCUT2D eigenvalue weighted by Crippen LogP contribution is -2.59. The van der Waals surface area contributed by atoms with Gasteiger partial charge in [0.2, 0.25) is 5.91 Å². The van der Waals surface area contributed by atoms with Gasteiger partial charge in [-0.25, -0.2) is 4.79 Å². The van der Waals surface area contributed by atoms with Gasteiger partial charge in [0.25, 0.3) is 0 Å². The van der Waals surface area contributed by atoms with Crippen LogP contribution in [0, 0.1) is 0 Å². The molecule has 1 aromatic carbocycles. The first kappa shape index (κ1) is 14.2. The van der Waals surface area contributed by atoms with Crippen molar-refractivity contribution in [3.05, 3.63) is 33.8 Å². The van der Waals surface area contributed by atoms with Gasteiger partial charge in [-0.05, 0) is 37.0 Å². The van der Waals surface area contributed by atoms with Gasteiger partial charge >= 0.3 is 5.97 Å². The van der Waals surface area contributed by atoms with Crippen LogP contribution in [-0.4, -0.2) is 22.5 Å². The van der Waals surface area contributed by atoms with E-state index in [0.717, 1.165) is 6.42 Å². The van der Waals surface area contributed by atoms with Gasteiger partial charge < -0.3 is 10.4 Å². The van der Waals surface area contributed by atoms with Gasteiger partial charge in [0.15, 0.2) is 0 Å². The zero-order chi connectivity index (χ0) is 14.0. The minimum atomic E-state index is -1.08. The molecule has 0 atom stereocenters. The van der Waals surface area contributed by atoms with E-state index in [4.69, 9.17) is 28.3 Å². The highest BCUT2D eigenvalue weighted by atomic mass is 35.5. The van der Waals surface area contributed by atoms with Crippen LogP contribution in [0.15, 0.2) is 18.2 Å². The van der Waals surface area contributed by atoms with E-state index < -0.39 is 11.5 Å². The van der Waals surface area contributed by atoms with Crippen LogP contribution in [0.5, 0.6) is 0 Å². The highest BCUT2D eigenvalue weighted by molar-refractivity contribution is 6.42. The number of carbonyl (C=O) groups is 2. The Kier molecular flexibility index (Phi) is 4.02. The summed E-state index contributed by atoms with van der Waals surface area (Å²) in [4.78, 5) is 23.0. The van der Waals surface area contributed by atoms with Crippen molar-refractivity contribution in [1.29, 1.82) is 0 Å². The van der Waals surface area contributed by atoms with Gasteiger partial charge in [-0.1, -0.05) is 29.3 Å². The third kappa shape index (κ3) is 3.01. The number of carbonyl (C=O) groups excluding carboxylic acids is 1. The average molecular weight is 302 g/mol. The SMILES string of the molecule is O=C(Cc1ccc(Cl)c(Cl)c1)NC1(C(=O)O)CCC1. The fourth-order valence-corrected chi connectivity index (χ4v) is 2.39. The fourth-order valence-electron chi connectivity index (χ4n) is 2.07. The summed E-state index contributed by atoms with van der Waals surface area (Å²) in [6.07, 6.45) is 1.87. The molecule has 6 heteroatoms. The van der Waals surface area contributed by atoms with Crippen molar-refractivity contribution in [2.24, 2.45) is 0 Å². The van der Waals surface area contributed by atoms with E-state index in [9.17, 15) is 9.59 Å². The summed E-state index contributed by atoms with van der Waals surface area (Å²) in [7, 11) is 0. The van der Waals surface area contributed by atoms with Crippen molar-refractivity contribution < 1.29 is 14.7 Å². The van der Waals surface area contributed by atoms with Crippen LogP contribution in [0.4, 0.5) is 0 Å². The summed E-state index contributed by atoms with van der Waals surface area (Å²) in [5, 5.41) is 12.5. The monoisotopic (exact) mass is 301 g/mol. The van der Waals surface area contributed by atoms with Gasteiger partial charge in [-0.3, -0.25) is 4.79 Å². The van der Waals surface area contributed by atoms with E-state index in [2.05, 4.69) is 5.32 Å². The van der Waals surface area contributed by atoms with Crippen LogP contribution in [0.25, 0.3) is 0 Å². The number of halogens is 2. The van der Waals surface area contributed by atoms with Crippen molar-refractivity contribution in [2.75, 3.05) is 0 Å². The van der Waals surface area contributed by atoms with E-state index in [1.165, 1.54) is 0 Å². The van der Waals surface area contributed by atoms with Crippen LogP contribution in [0.1, 0.15) is 24.8 Å².